The third kappa shape index (κ3) is 3.17. The Bertz CT molecular complexity index is 626. The van der Waals surface area contributed by atoms with Crippen LogP contribution in [0.5, 0.6) is 0 Å². The smallest absolute Gasteiger partial charge is 0.292 e. The molecule has 0 amide bonds. The van der Waals surface area contributed by atoms with Gasteiger partial charge in [-0.1, -0.05) is 40.2 Å². The predicted molar refractivity (Wildman–Crippen MR) is 84.0 cm³/mol. The summed E-state index contributed by atoms with van der Waals surface area (Å²) < 4.78 is 1.01. The number of nitro groups is 1. The van der Waals surface area contributed by atoms with Crippen molar-refractivity contribution in [2.45, 2.75) is 19.9 Å². The van der Waals surface area contributed by atoms with Crippen LogP contribution in [0.2, 0.25) is 0 Å². The largest absolute Gasteiger partial charge is 0.373 e. The summed E-state index contributed by atoms with van der Waals surface area (Å²) in [5, 5.41) is 14.3. The maximum atomic E-state index is 11.1. The van der Waals surface area contributed by atoms with Gasteiger partial charge < -0.3 is 5.32 Å². The zero-order valence-electron chi connectivity index (χ0n) is 11.3. The number of hydrogen-bond donors (Lipinski definition) is 1. The summed E-state index contributed by atoms with van der Waals surface area (Å²) >= 11 is 3.39. The summed E-state index contributed by atoms with van der Waals surface area (Å²) in [5.74, 6) is 0. The van der Waals surface area contributed by atoms with Crippen LogP contribution in [0.1, 0.15) is 24.1 Å². The highest BCUT2D eigenvalue weighted by atomic mass is 79.9. The van der Waals surface area contributed by atoms with Crippen molar-refractivity contribution < 1.29 is 4.92 Å². The number of hydrogen-bond acceptors (Lipinski definition) is 3. The third-order valence-electron chi connectivity index (χ3n) is 3.18. The van der Waals surface area contributed by atoms with Crippen LogP contribution in [0.25, 0.3) is 0 Å². The lowest BCUT2D eigenvalue weighted by Crippen LogP contribution is -2.09. The van der Waals surface area contributed by atoms with Crippen LogP contribution in [0.15, 0.2) is 46.9 Å². The van der Waals surface area contributed by atoms with E-state index in [2.05, 4.69) is 21.2 Å². The van der Waals surface area contributed by atoms with Crippen molar-refractivity contribution in [3.63, 3.8) is 0 Å². The van der Waals surface area contributed by atoms with Gasteiger partial charge in [0, 0.05) is 16.6 Å². The van der Waals surface area contributed by atoms with E-state index in [0.29, 0.717) is 5.69 Å². The number of rotatable bonds is 4. The second kappa shape index (κ2) is 6.05. The SMILES string of the molecule is Cc1cccc([N+](=O)[O-])c1NC(C)c1ccc(Br)cc1. The van der Waals surface area contributed by atoms with E-state index in [9.17, 15) is 10.1 Å². The summed E-state index contributed by atoms with van der Waals surface area (Å²) in [6.45, 7) is 3.85. The highest BCUT2D eigenvalue weighted by Crippen LogP contribution is 2.31. The lowest BCUT2D eigenvalue weighted by atomic mass is 10.1. The minimum absolute atomic E-state index is 0.0112. The first-order valence-electron chi connectivity index (χ1n) is 6.25. The molecule has 5 heteroatoms. The predicted octanol–water partition coefficient (Wildman–Crippen LogP) is 4.84. The Morgan fingerprint density at radius 3 is 2.45 bits per heavy atom. The lowest BCUT2D eigenvalue weighted by Gasteiger charge is -2.17. The number of nitrogens with one attached hydrogen (secondary N) is 1. The summed E-state index contributed by atoms with van der Waals surface area (Å²) in [6.07, 6.45) is 0. The second-order valence-electron chi connectivity index (χ2n) is 4.64. The van der Waals surface area contributed by atoms with E-state index < -0.39 is 0 Å². The molecular weight excluding hydrogens is 320 g/mol. The van der Waals surface area contributed by atoms with E-state index in [1.165, 1.54) is 6.07 Å². The molecule has 2 rings (SSSR count). The van der Waals surface area contributed by atoms with Crippen molar-refractivity contribution in [2.75, 3.05) is 5.32 Å². The fourth-order valence-corrected chi connectivity index (χ4v) is 2.31. The van der Waals surface area contributed by atoms with E-state index in [4.69, 9.17) is 0 Å². The van der Waals surface area contributed by atoms with Crippen molar-refractivity contribution in [3.05, 3.63) is 68.2 Å². The number of nitro benzene ring substituents is 1. The standard InChI is InChI=1S/C15H15BrN2O2/c1-10-4-3-5-14(18(19)20)15(10)17-11(2)12-6-8-13(16)9-7-12/h3-9,11,17H,1-2H3. The maximum absolute atomic E-state index is 11.1. The van der Waals surface area contributed by atoms with Crippen molar-refractivity contribution in [2.24, 2.45) is 0 Å². The van der Waals surface area contributed by atoms with Gasteiger partial charge in [-0.15, -0.1) is 0 Å². The molecule has 0 aliphatic heterocycles. The van der Waals surface area contributed by atoms with Crippen LogP contribution in [0.4, 0.5) is 11.4 Å². The van der Waals surface area contributed by atoms with Crippen LogP contribution in [0.3, 0.4) is 0 Å². The fourth-order valence-electron chi connectivity index (χ4n) is 2.04. The van der Waals surface area contributed by atoms with E-state index in [0.717, 1.165) is 15.6 Å². The Labute approximate surface area is 126 Å². The van der Waals surface area contributed by atoms with E-state index in [1.54, 1.807) is 6.07 Å². The minimum atomic E-state index is -0.358. The molecule has 0 aromatic heterocycles. The van der Waals surface area contributed by atoms with E-state index in [-0.39, 0.29) is 16.7 Å². The molecule has 2 aromatic rings. The average molecular weight is 335 g/mol. The van der Waals surface area contributed by atoms with Gasteiger partial charge in [0.05, 0.1) is 4.92 Å². The molecule has 4 nitrogen and oxygen atoms in total. The second-order valence-corrected chi connectivity index (χ2v) is 5.56. The average Bonchev–Trinajstić information content (AvgIpc) is 2.41. The maximum Gasteiger partial charge on any atom is 0.292 e. The van der Waals surface area contributed by atoms with E-state index >= 15 is 0 Å². The molecule has 0 spiro atoms. The molecule has 0 radical (unpaired) electrons. The van der Waals surface area contributed by atoms with Gasteiger partial charge in [0.15, 0.2) is 0 Å². The van der Waals surface area contributed by atoms with E-state index in [1.807, 2.05) is 44.2 Å². The van der Waals surface area contributed by atoms with Crippen LogP contribution in [-0.4, -0.2) is 4.92 Å². The summed E-state index contributed by atoms with van der Waals surface area (Å²) in [6, 6.07) is 13.0. The lowest BCUT2D eigenvalue weighted by molar-refractivity contribution is -0.384. The summed E-state index contributed by atoms with van der Waals surface area (Å²) in [7, 11) is 0. The molecular formula is C15H15BrN2O2. The monoisotopic (exact) mass is 334 g/mol. The first-order chi connectivity index (χ1) is 9.49. The first-order valence-corrected chi connectivity index (χ1v) is 7.04. The number of anilines is 1. The molecule has 1 unspecified atom stereocenters. The summed E-state index contributed by atoms with van der Waals surface area (Å²) in [5.41, 5.74) is 2.62. The van der Waals surface area contributed by atoms with Gasteiger partial charge in [-0.25, -0.2) is 0 Å². The highest BCUT2D eigenvalue weighted by molar-refractivity contribution is 9.10. The molecule has 0 aliphatic carbocycles. The first kappa shape index (κ1) is 14.5. The van der Waals surface area contributed by atoms with Gasteiger partial charge in [0.1, 0.15) is 5.69 Å². The molecule has 0 saturated heterocycles. The van der Waals surface area contributed by atoms with Crippen molar-refractivity contribution in [1.29, 1.82) is 0 Å². The minimum Gasteiger partial charge on any atom is -0.373 e. The molecule has 1 atom stereocenters. The normalized spacial score (nSPS) is 11.9. The Morgan fingerprint density at radius 2 is 1.85 bits per heavy atom. The fraction of sp³-hybridized carbons (Fsp3) is 0.200. The van der Waals surface area contributed by atoms with Crippen LogP contribution in [0, 0.1) is 17.0 Å². The molecule has 0 bridgehead atoms. The molecule has 20 heavy (non-hydrogen) atoms. The zero-order chi connectivity index (χ0) is 14.7. The Balaban J connectivity index is 2.30. The van der Waals surface area contributed by atoms with Gasteiger partial charge >= 0.3 is 0 Å². The summed E-state index contributed by atoms with van der Waals surface area (Å²) in [4.78, 5) is 10.7. The third-order valence-corrected chi connectivity index (χ3v) is 3.71. The van der Waals surface area contributed by atoms with Crippen LogP contribution >= 0.6 is 15.9 Å². The van der Waals surface area contributed by atoms with Crippen LogP contribution in [-0.2, 0) is 0 Å². The van der Waals surface area contributed by atoms with Crippen molar-refractivity contribution >= 4 is 27.3 Å². The Morgan fingerprint density at radius 1 is 1.20 bits per heavy atom. The van der Waals surface area contributed by atoms with Gasteiger partial charge in [-0.05, 0) is 37.1 Å². The van der Waals surface area contributed by atoms with Crippen LogP contribution < -0.4 is 5.32 Å². The highest BCUT2D eigenvalue weighted by Gasteiger charge is 2.17. The Kier molecular flexibility index (Phi) is 4.39. The van der Waals surface area contributed by atoms with Gasteiger partial charge in [-0.2, -0.15) is 0 Å². The van der Waals surface area contributed by atoms with Gasteiger partial charge in [-0.3, -0.25) is 10.1 Å². The number of aryl methyl sites for hydroxylation is 1. The Hall–Kier alpha value is -1.88. The van der Waals surface area contributed by atoms with Crippen molar-refractivity contribution in [3.8, 4) is 0 Å². The van der Waals surface area contributed by atoms with Gasteiger partial charge in [0.25, 0.3) is 5.69 Å². The molecule has 0 fully saturated rings. The molecule has 0 aliphatic rings. The quantitative estimate of drug-likeness (QED) is 0.642. The number of benzene rings is 2. The molecule has 2 aromatic carbocycles. The topological polar surface area (TPSA) is 55.2 Å². The molecule has 104 valence electrons. The molecule has 0 saturated carbocycles. The molecule has 0 heterocycles. The zero-order valence-corrected chi connectivity index (χ0v) is 12.8. The number of nitrogens with zero attached hydrogens (tertiary/aromatic N) is 1. The van der Waals surface area contributed by atoms with Crippen molar-refractivity contribution in [1.82, 2.24) is 0 Å². The molecule has 1 N–H and O–H groups in total. The number of para-hydroxylation sites is 1. The van der Waals surface area contributed by atoms with Gasteiger partial charge in [0.2, 0.25) is 0 Å². The number of halogens is 1.